The van der Waals surface area contributed by atoms with Gasteiger partial charge >= 0.3 is 0 Å². The van der Waals surface area contributed by atoms with Crippen molar-refractivity contribution in [3.63, 3.8) is 0 Å². The Kier molecular flexibility index (Phi) is 4.16. The summed E-state index contributed by atoms with van der Waals surface area (Å²) in [6.07, 6.45) is 0. The van der Waals surface area contributed by atoms with Gasteiger partial charge in [-0.15, -0.1) is 0 Å². The fourth-order valence-electron chi connectivity index (χ4n) is 4.18. The van der Waals surface area contributed by atoms with E-state index in [0.29, 0.717) is 0 Å². The van der Waals surface area contributed by atoms with E-state index in [9.17, 15) is 0 Å². The quantitative estimate of drug-likeness (QED) is 0.622. The SMILES string of the molecule is Cc1cc(C)c(C(c2[nH]c(C)cc2C)c2[nH]c(C)cc2C)c(C)c1. The lowest BCUT2D eigenvalue weighted by atomic mass is 9.83. The monoisotopic (exact) mass is 320 g/mol. The van der Waals surface area contributed by atoms with Crippen molar-refractivity contribution in [2.45, 2.75) is 54.4 Å². The maximum Gasteiger partial charge on any atom is 0.0652 e. The lowest BCUT2D eigenvalue weighted by Crippen LogP contribution is -2.11. The molecule has 0 saturated carbocycles. The van der Waals surface area contributed by atoms with Crippen molar-refractivity contribution in [1.29, 1.82) is 0 Å². The first-order valence-corrected chi connectivity index (χ1v) is 8.68. The summed E-state index contributed by atoms with van der Waals surface area (Å²) < 4.78 is 0. The molecule has 24 heavy (non-hydrogen) atoms. The molecule has 2 N–H and O–H groups in total. The molecule has 3 aromatic rings. The molecule has 0 unspecified atom stereocenters. The van der Waals surface area contributed by atoms with Crippen LogP contribution in [0.1, 0.15) is 62.1 Å². The average Bonchev–Trinajstić information content (AvgIpc) is 2.95. The Balaban J connectivity index is 2.32. The van der Waals surface area contributed by atoms with Crippen LogP contribution in [0, 0.1) is 48.5 Å². The zero-order valence-electron chi connectivity index (χ0n) is 15.9. The number of H-pyrrole nitrogens is 2. The molecule has 0 bridgehead atoms. The fraction of sp³-hybridized carbons (Fsp3) is 0.364. The van der Waals surface area contributed by atoms with E-state index in [2.05, 4.69) is 82.7 Å². The molecule has 1 aromatic carbocycles. The third-order valence-corrected chi connectivity index (χ3v) is 4.98. The molecule has 0 amide bonds. The van der Waals surface area contributed by atoms with Gasteiger partial charge in [0.2, 0.25) is 0 Å². The van der Waals surface area contributed by atoms with Crippen molar-refractivity contribution in [1.82, 2.24) is 9.97 Å². The van der Waals surface area contributed by atoms with Gasteiger partial charge in [0.1, 0.15) is 0 Å². The number of rotatable bonds is 3. The van der Waals surface area contributed by atoms with E-state index in [1.807, 2.05) is 0 Å². The van der Waals surface area contributed by atoms with Gasteiger partial charge in [-0.2, -0.15) is 0 Å². The third kappa shape index (κ3) is 2.82. The molecule has 0 aliphatic rings. The van der Waals surface area contributed by atoms with Crippen LogP contribution in [0.2, 0.25) is 0 Å². The minimum atomic E-state index is 0.216. The molecule has 0 atom stereocenters. The molecule has 2 aromatic heterocycles. The van der Waals surface area contributed by atoms with Crippen LogP contribution in [0.15, 0.2) is 24.3 Å². The summed E-state index contributed by atoms with van der Waals surface area (Å²) in [5.74, 6) is 0.216. The molecule has 2 nitrogen and oxygen atoms in total. The van der Waals surface area contributed by atoms with Gasteiger partial charge in [0.25, 0.3) is 0 Å². The summed E-state index contributed by atoms with van der Waals surface area (Å²) in [6.45, 7) is 15.3. The van der Waals surface area contributed by atoms with Crippen LogP contribution in [-0.4, -0.2) is 9.97 Å². The van der Waals surface area contributed by atoms with Crippen molar-refractivity contribution in [2.75, 3.05) is 0 Å². The predicted octanol–water partition coefficient (Wildman–Crippen LogP) is 5.68. The Morgan fingerprint density at radius 3 is 1.33 bits per heavy atom. The molecule has 0 radical (unpaired) electrons. The minimum absolute atomic E-state index is 0.216. The van der Waals surface area contributed by atoms with E-state index in [1.165, 1.54) is 56.2 Å². The standard InChI is InChI=1S/C22H28N2/c1-12-8-13(2)19(14(3)9-12)20(21-15(4)10-17(6)23-21)22-16(5)11-18(7)24-22/h8-11,20,23-24H,1-7H3. The van der Waals surface area contributed by atoms with Crippen LogP contribution in [0.3, 0.4) is 0 Å². The Morgan fingerprint density at radius 2 is 1.00 bits per heavy atom. The number of nitrogens with one attached hydrogen (secondary N) is 2. The highest BCUT2D eigenvalue weighted by Gasteiger charge is 2.26. The van der Waals surface area contributed by atoms with Crippen LogP contribution in [0.25, 0.3) is 0 Å². The second kappa shape index (κ2) is 6.01. The van der Waals surface area contributed by atoms with E-state index in [4.69, 9.17) is 0 Å². The zero-order valence-corrected chi connectivity index (χ0v) is 15.9. The second-order valence-corrected chi connectivity index (χ2v) is 7.34. The summed E-state index contributed by atoms with van der Waals surface area (Å²) in [5, 5.41) is 0. The van der Waals surface area contributed by atoms with Gasteiger partial charge in [0, 0.05) is 22.8 Å². The molecule has 2 heteroatoms. The van der Waals surface area contributed by atoms with Gasteiger partial charge in [-0.1, -0.05) is 17.7 Å². The first-order chi connectivity index (χ1) is 11.3. The van der Waals surface area contributed by atoms with Crippen LogP contribution < -0.4 is 0 Å². The lowest BCUT2D eigenvalue weighted by molar-refractivity contribution is 0.853. The second-order valence-electron chi connectivity index (χ2n) is 7.34. The molecule has 0 spiro atoms. The Morgan fingerprint density at radius 1 is 0.583 bits per heavy atom. The highest BCUT2D eigenvalue weighted by molar-refractivity contribution is 5.51. The maximum atomic E-state index is 3.63. The van der Waals surface area contributed by atoms with Gasteiger partial charge in [-0.25, -0.2) is 0 Å². The van der Waals surface area contributed by atoms with Crippen molar-refractivity contribution >= 4 is 0 Å². The molecule has 3 rings (SSSR count). The molecular formula is C22H28N2. The minimum Gasteiger partial charge on any atom is -0.361 e. The first-order valence-electron chi connectivity index (χ1n) is 8.68. The van der Waals surface area contributed by atoms with Gasteiger partial charge in [-0.05, 0) is 88.4 Å². The van der Waals surface area contributed by atoms with Crippen LogP contribution in [0.5, 0.6) is 0 Å². The Hall–Kier alpha value is -2.22. The number of benzene rings is 1. The number of aromatic nitrogens is 2. The topological polar surface area (TPSA) is 31.6 Å². The van der Waals surface area contributed by atoms with Crippen molar-refractivity contribution in [3.8, 4) is 0 Å². The summed E-state index contributed by atoms with van der Waals surface area (Å²) in [6, 6.07) is 9.08. The van der Waals surface area contributed by atoms with Gasteiger partial charge in [0.15, 0.2) is 0 Å². The predicted molar refractivity (Wildman–Crippen MR) is 102 cm³/mol. The summed E-state index contributed by atoms with van der Waals surface area (Å²) in [7, 11) is 0. The van der Waals surface area contributed by atoms with Crippen molar-refractivity contribution in [2.24, 2.45) is 0 Å². The zero-order chi connectivity index (χ0) is 17.6. The van der Waals surface area contributed by atoms with E-state index in [1.54, 1.807) is 0 Å². The number of hydrogen-bond donors (Lipinski definition) is 2. The van der Waals surface area contributed by atoms with Gasteiger partial charge in [-0.3, -0.25) is 0 Å². The van der Waals surface area contributed by atoms with Crippen LogP contribution in [-0.2, 0) is 0 Å². The van der Waals surface area contributed by atoms with E-state index in [0.717, 1.165) is 0 Å². The highest BCUT2D eigenvalue weighted by Crippen LogP contribution is 2.38. The van der Waals surface area contributed by atoms with Crippen LogP contribution in [0.4, 0.5) is 0 Å². The summed E-state index contributed by atoms with van der Waals surface area (Å²) in [5.41, 5.74) is 13.1. The molecule has 2 heterocycles. The average molecular weight is 320 g/mol. The molecule has 0 aliphatic carbocycles. The third-order valence-electron chi connectivity index (χ3n) is 4.98. The maximum absolute atomic E-state index is 3.63. The largest absolute Gasteiger partial charge is 0.361 e. The fourth-order valence-corrected chi connectivity index (χ4v) is 4.18. The smallest absolute Gasteiger partial charge is 0.0652 e. The Labute approximate surface area is 145 Å². The highest BCUT2D eigenvalue weighted by atomic mass is 14.8. The molecule has 126 valence electrons. The van der Waals surface area contributed by atoms with Crippen LogP contribution >= 0.6 is 0 Å². The number of aromatic amines is 2. The molecule has 0 saturated heterocycles. The summed E-state index contributed by atoms with van der Waals surface area (Å²) in [4.78, 5) is 7.25. The molecule has 0 aliphatic heterocycles. The van der Waals surface area contributed by atoms with Gasteiger partial charge < -0.3 is 9.97 Å². The van der Waals surface area contributed by atoms with Crippen molar-refractivity contribution < 1.29 is 0 Å². The number of aryl methyl sites for hydroxylation is 7. The normalized spacial score (nSPS) is 11.5. The van der Waals surface area contributed by atoms with E-state index < -0.39 is 0 Å². The lowest BCUT2D eigenvalue weighted by Gasteiger charge is -2.23. The summed E-state index contributed by atoms with van der Waals surface area (Å²) >= 11 is 0. The molecular weight excluding hydrogens is 292 g/mol. The number of hydrogen-bond acceptors (Lipinski definition) is 0. The van der Waals surface area contributed by atoms with Crippen molar-refractivity contribution in [3.05, 3.63) is 80.4 Å². The first kappa shape index (κ1) is 16.6. The Bertz CT molecular complexity index is 824. The van der Waals surface area contributed by atoms with Gasteiger partial charge in [0.05, 0.1) is 5.92 Å². The molecule has 0 fully saturated rings. The van der Waals surface area contributed by atoms with E-state index >= 15 is 0 Å². The van der Waals surface area contributed by atoms with E-state index in [-0.39, 0.29) is 5.92 Å².